The fraction of sp³-hybridized carbons (Fsp3) is 0.400. The number of hydrogen-bond donors (Lipinski definition) is 1. The molecule has 2 heteroatoms. The molecule has 0 aromatic heterocycles. The van der Waals surface area contributed by atoms with Gasteiger partial charge in [0.2, 0.25) is 0 Å². The van der Waals surface area contributed by atoms with E-state index < -0.39 is 0 Å². The smallest absolute Gasteiger partial charge is 1.00 e. The first-order valence-corrected chi connectivity index (χ1v) is 4.03. The van der Waals surface area contributed by atoms with Crippen molar-refractivity contribution in [2.24, 2.45) is 0 Å². The van der Waals surface area contributed by atoms with E-state index in [-0.39, 0.29) is 20.3 Å². The molecule has 0 saturated carbocycles. The first-order chi connectivity index (χ1) is 5.25. The zero-order chi connectivity index (χ0) is 8.27. The summed E-state index contributed by atoms with van der Waals surface area (Å²) in [4.78, 5) is 0. The molecular formula is C10H15LiO. The Balaban J connectivity index is 0. The van der Waals surface area contributed by atoms with Crippen LogP contribution < -0.4 is 18.9 Å². The van der Waals surface area contributed by atoms with Gasteiger partial charge in [-0.3, -0.25) is 0 Å². The van der Waals surface area contributed by atoms with Crippen molar-refractivity contribution < 1.29 is 25.4 Å². The van der Waals surface area contributed by atoms with Crippen LogP contribution in [0.4, 0.5) is 0 Å². The van der Waals surface area contributed by atoms with Crippen molar-refractivity contribution in [1.82, 2.24) is 0 Å². The first-order valence-electron chi connectivity index (χ1n) is 4.03. The van der Waals surface area contributed by atoms with Crippen LogP contribution in [0.15, 0.2) is 24.3 Å². The van der Waals surface area contributed by atoms with Crippen LogP contribution in [0, 0.1) is 0 Å². The van der Waals surface area contributed by atoms with Crippen molar-refractivity contribution in [3.63, 3.8) is 0 Å². The maximum absolute atomic E-state index is 9.41. The van der Waals surface area contributed by atoms with Crippen molar-refractivity contribution in [3.05, 3.63) is 29.8 Å². The predicted molar refractivity (Wildman–Crippen MR) is 47.9 cm³/mol. The van der Waals surface area contributed by atoms with E-state index in [1.54, 1.807) is 6.07 Å². The summed E-state index contributed by atoms with van der Waals surface area (Å²) in [6, 6.07) is 7.52. The third-order valence-electron chi connectivity index (χ3n) is 2.08. The van der Waals surface area contributed by atoms with E-state index in [1.165, 1.54) is 0 Å². The topological polar surface area (TPSA) is 20.2 Å². The molecule has 1 aromatic rings. The molecule has 1 N–H and O–H groups in total. The molecule has 62 valence electrons. The van der Waals surface area contributed by atoms with Crippen LogP contribution in [0.25, 0.3) is 0 Å². The van der Waals surface area contributed by atoms with E-state index in [0.717, 1.165) is 12.0 Å². The quantitative estimate of drug-likeness (QED) is 0.602. The Morgan fingerprint density at radius 3 is 2.50 bits per heavy atom. The molecule has 1 unspecified atom stereocenters. The third kappa shape index (κ3) is 2.59. The maximum atomic E-state index is 9.41. The van der Waals surface area contributed by atoms with Gasteiger partial charge in [-0.15, -0.1) is 0 Å². The number of phenolic OH excluding ortho intramolecular Hbond substituents is 1. The minimum Gasteiger partial charge on any atom is -1.00 e. The largest absolute Gasteiger partial charge is 1.00 e. The molecule has 0 saturated heterocycles. The SMILES string of the molecule is CCC(C)c1ccccc1O.[H-].[Li+]. The Labute approximate surface area is 87.5 Å². The predicted octanol–water partition coefficient (Wildman–Crippen LogP) is 0.0222. The van der Waals surface area contributed by atoms with Gasteiger partial charge in [-0.2, -0.15) is 0 Å². The molecule has 0 fully saturated rings. The van der Waals surface area contributed by atoms with Crippen LogP contribution >= 0.6 is 0 Å². The van der Waals surface area contributed by atoms with Gasteiger partial charge >= 0.3 is 18.9 Å². The molecule has 1 atom stereocenters. The number of aromatic hydroxyl groups is 1. The summed E-state index contributed by atoms with van der Waals surface area (Å²) in [6.07, 6.45) is 1.07. The number of benzene rings is 1. The van der Waals surface area contributed by atoms with E-state index >= 15 is 0 Å². The van der Waals surface area contributed by atoms with Crippen LogP contribution in [0.1, 0.15) is 33.2 Å². The second-order valence-electron chi connectivity index (χ2n) is 2.87. The van der Waals surface area contributed by atoms with Gasteiger partial charge in [-0.1, -0.05) is 32.0 Å². The molecule has 1 aromatic carbocycles. The average Bonchev–Trinajstić information content (AvgIpc) is 2.04. The Morgan fingerprint density at radius 1 is 1.42 bits per heavy atom. The summed E-state index contributed by atoms with van der Waals surface area (Å²) in [7, 11) is 0. The Hall–Kier alpha value is -0.383. The van der Waals surface area contributed by atoms with Gasteiger partial charge in [0, 0.05) is 0 Å². The minimum atomic E-state index is 0. The molecule has 0 bridgehead atoms. The average molecular weight is 158 g/mol. The Morgan fingerprint density at radius 2 is 2.00 bits per heavy atom. The van der Waals surface area contributed by atoms with Gasteiger partial charge in [0.15, 0.2) is 0 Å². The van der Waals surface area contributed by atoms with Crippen molar-refractivity contribution in [2.45, 2.75) is 26.2 Å². The molecule has 0 amide bonds. The summed E-state index contributed by atoms with van der Waals surface area (Å²) in [5.41, 5.74) is 1.05. The molecule has 12 heavy (non-hydrogen) atoms. The van der Waals surface area contributed by atoms with Gasteiger partial charge in [0.05, 0.1) is 0 Å². The summed E-state index contributed by atoms with van der Waals surface area (Å²) in [5.74, 6) is 0.873. The zero-order valence-electron chi connectivity index (χ0n) is 9.04. The van der Waals surface area contributed by atoms with Crippen LogP contribution in [0.2, 0.25) is 0 Å². The molecule has 0 aliphatic rings. The summed E-state index contributed by atoms with van der Waals surface area (Å²) in [5, 5.41) is 9.41. The molecule has 0 aliphatic heterocycles. The molecule has 0 spiro atoms. The maximum Gasteiger partial charge on any atom is 1.00 e. The zero-order valence-corrected chi connectivity index (χ0v) is 8.04. The second kappa shape index (κ2) is 5.30. The molecule has 1 rings (SSSR count). The fourth-order valence-corrected chi connectivity index (χ4v) is 1.12. The summed E-state index contributed by atoms with van der Waals surface area (Å²) >= 11 is 0. The standard InChI is InChI=1S/C10H14O.Li.H/c1-3-8(2)9-6-4-5-7-10(9)11;;/h4-8,11H,3H2,1-2H3;;/q;+1;-1. The normalized spacial score (nSPS) is 11.8. The van der Waals surface area contributed by atoms with Gasteiger partial charge in [-0.05, 0) is 24.0 Å². The van der Waals surface area contributed by atoms with E-state index in [4.69, 9.17) is 0 Å². The fourth-order valence-electron chi connectivity index (χ4n) is 1.12. The van der Waals surface area contributed by atoms with Crippen molar-refractivity contribution in [1.29, 1.82) is 0 Å². The van der Waals surface area contributed by atoms with Gasteiger partial charge in [-0.25, -0.2) is 0 Å². The van der Waals surface area contributed by atoms with Crippen molar-refractivity contribution in [2.75, 3.05) is 0 Å². The molecule has 1 nitrogen and oxygen atoms in total. The van der Waals surface area contributed by atoms with Gasteiger partial charge < -0.3 is 6.53 Å². The second-order valence-corrected chi connectivity index (χ2v) is 2.87. The first kappa shape index (κ1) is 11.6. The molecule has 0 heterocycles. The Bertz CT molecular complexity index is 240. The molecule has 0 radical (unpaired) electrons. The number of hydrogen-bond acceptors (Lipinski definition) is 1. The van der Waals surface area contributed by atoms with Gasteiger partial charge in [0.1, 0.15) is 5.75 Å². The summed E-state index contributed by atoms with van der Waals surface area (Å²) in [6.45, 7) is 4.24. The minimum absolute atomic E-state index is 0. The van der Waals surface area contributed by atoms with E-state index in [2.05, 4.69) is 13.8 Å². The van der Waals surface area contributed by atoms with Crippen molar-refractivity contribution >= 4 is 0 Å². The molecular weight excluding hydrogens is 143 g/mol. The van der Waals surface area contributed by atoms with Crippen molar-refractivity contribution in [3.8, 4) is 5.75 Å². The van der Waals surface area contributed by atoms with Crippen LogP contribution in [0.3, 0.4) is 0 Å². The number of rotatable bonds is 2. The molecule has 0 aliphatic carbocycles. The number of phenols is 1. The number of para-hydroxylation sites is 1. The van der Waals surface area contributed by atoms with E-state index in [0.29, 0.717) is 11.7 Å². The third-order valence-corrected chi connectivity index (χ3v) is 2.08. The Kier molecular flexibility index (Phi) is 5.13. The van der Waals surface area contributed by atoms with E-state index in [1.807, 2.05) is 18.2 Å². The van der Waals surface area contributed by atoms with E-state index in [9.17, 15) is 5.11 Å². The van der Waals surface area contributed by atoms with Gasteiger partial charge in [0.25, 0.3) is 0 Å². The monoisotopic (exact) mass is 158 g/mol. The summed E-state index contributed by atoms with van der Waals surface area (Å²) < 4.78 is 0. The van der Waals surface area contributed by atoms with Crippen LogP contribution in [0.5, 0.6) is 5.75 Å². The van der Waals surface area contributed by atoms with Crippen LogP contribution in [-0.2, 0) is 0 Å². The van der Waals surface area contributed by atoms with Crippen LogP contribution in [-0.4, -0.2) is 5.11 Å².